The summed E-state index contributed by atoms with van der Waals surface area (Å²) in [7, 11) is 0. The lowest BCUT2D eigenvalue weighted by Gasteiger charge is -2.30. The van der Waals surface area contributed by atoms with Gasteiger partial charge in [-0.15, -0.1) is 10.2 Å². The Morgan fingerprint density at radius 2 is 1.88 bits per heavy atom. The van der Waals surface area contributed by atoms with Gasteiger partial charge in [-0.1, -0.05) is 46.7 Å². The Morgan fingerprint density at radius 3 is 2.50 bits per heavy atom. The molecule has 3 rings (SSSR count). The lowest BCUT2D eigenvalue weighted by Crippen LogP contribution is -2.38. The molecule has 1 amide bonds. The van der Waals surface area contributed by atoms with E-state index in [1.807, 2.05) is 41.3 Å². The summed E-state index contributed by atoms with van der Waals surface area (Å²) in [5.74, 6) is 1.37. The summed E-state index contributed by atoms with van der Waals surface area (Å²) in [6.45, 7) is 4.02. The molecule has 4 nitrogen and oxygen atoms in total. The number of carbonyl (C=O) groups is 1. The van der Waals surface area contributed by atoms with Crippen LogP contribution in [0.15, 0.2) is 45.9 Å². The average Bonchev–Trinajstić information content (AvgIpc) is 2.61. The number of hydrogen-bond acceptors (Lipinski definition) is 4. The fraction of sp³-hybridized carbons (Fsp3) is 0.389. The van der Waals surface area contributed by atoms with Crippen molar-refractivity contribution in [3.05, 3.63) is 40.9 Å². The van der Waals surface area contributed by atoms with Gasteiger partial charge in [-0.25, -0.2) is 0 Å². The van der Waals surface area contributed by atoms with E-state index >= 15 is 0 Å². The van der Waals surface area contributed by atoms with Crippen molar-refractivity contribution in [3.63, 3.8) is 0 Å². The largest absolute Gasteiger partial charge is 0.342 e. The van der Waals surface area contributed by atoms with Gasteiger partial charge in [0.1, 0.15) is 5.03 Å². The fourth-order valence-corrected chi connectivity index (χ4v) is 3.64. The van der Waals surface area contributed by atoms with Crippen molar-refractivity contribution in [2.75, 3.05) is 18.8 Å². The number of amides is 1. The van der Waals surface area contributed by atoms with E-state index in [1.54, 1.807) is 0 Å². The van der Waals surface area contributed by atoms with Crippen LogP contribution in [0.5, 0.6) is 0 Å². The third-order valence-electron chi connectivity index (χ3n) is 4.26. The number of aromatic nitrogens is 2. The van der Waals surface area contributed by atoms with E-state index in [0.29, 0.717) is 5.75 Å². The zero-order valence-corrected chi connectivity index (χ0v) is 16.0. The molecule has 1 aliphatic rings. The van der Waals surface area contributed by atoms with Crippen molar-refractivity contribution in [2.24, 2.45) is 5.92 Å². The number of hydrogen-bond donors (Lipinski definition) is 0. The number of benzene rings is 1. The van der Waals surface area contributed by atoms with Crippen molar-refractivity contribution >= 4 is 33.6 Å². The van der Waals surface area contributed by atoms with Gasteiger partial charge in [0, 0.05) is 23.1 Å². The van der Waals surface area contributed by atoms with Crippen molar-refractivity contribution < 1.29 is 4.79 Å². The Kier molecular flexibility index (Phi) is 5.89. The van der Waals surface area contributed by atoms with E-state index in [2.05, 4.69) is 33.1 Å². The van der Waals surface area contributed by atoms with Gasteiger partial charge in [0.2, 0.25) is 5.91 Å². The highest BCUT2D eigenvalue weighted by atomic mass is 79.9. The Hall–Kier alpha value is -1.40. The van der Waals surface area contributed by atoms with E-state index in [0.717, 1.165) is 52.6 Å². The van der Waals surface area contributed by atoms with Crippen LogP contribution >= 0.6 is 27.7 Å². The first-order chi connectivity index (χ1) is 11.6. The molecule has 6 heteroatoms. The minimum absolute atomic E-state index is 0.200. The number of thioether (sulfide) groups is 1. The highest BCUT2D eigenvalue weighted by Gasteiger charge is 2.20. The molecule has 0 bridgehead atoms. The first-order valence-electron chi connectivity index (χ1n) is 8.12. The van der Waals surface area contributed by atoms with Gasteiger partial charge in [-0.05, 0) is 43.0 Å². The van der Waals surface area contributed by atoms with Gasteiger partial charge in [-0.3, -0.25) is 4.79 Å². The van der Waals surface area contributed by atoms with Crippen LogP contribution < -0.4 is 0 Å². The minimum Gasteiger partial charge on any atom is -0.342 e. The maximum Gasteiger partial charge on any atom is 0.232 e. The molecule has 0 atom stereocenters. The number of halogens is 1. The molecule has 0 spiro atoms. The second-order valence-corrected chi connectivity index (χ2v) is 8.03. The van der Waals surface area contributed by atoms with Crippen molar-refractivity contribution in [3.8, 4) is 11.3 Å². The van der Waals surface area contributed by atoms with E-state index in [4.69, 9.17) is 0 Å². The summed E-state index contributed by atoms with van der Waals surface area (Å²) in [5, 5.41) is 9.29. The fourth-order valence-electron chi connectivity index (χ4n) is 2.66. The maximum atomic E-state index is 12.3. The predicted octanol–water partition coefficient (Wildman–Crippen LogP) is 4.26. The Labute approximate surface area is 155 Å². The van der Waals surface area contributed by atoms with Crippen LogP contribution in [0, 0.1) is 5.92 Å². The van der Waals surface area contributed by atoms with Crippen molar-refractivity contribution in [2.45, 2.75) is 24.8 Å². The zero-order valence-electron chi connectivity index (χ0n) is 13.6. The van der Waals surface area contributed by atoms with Crippen LogP contribution in [0.3, 0.4) is 0 Å². The van der Waals surface area contributed by atoms with Crippen LogP contribution in [-0.2, 0) is 4.79 Å². The molecule has 0 radical (unpaired) electrons. The Bertz CT molecular complexity index is 682. The normalized spacial score (nSPS) is 15.5. The highest BCUT2D eigenvalue weighted by Crippen LogP contribution is 2.22. The molecule has 24 heavy (non-hydrogen) atoms. The van der Waals surface area contributed by atoms with Gasteiger partial charge < -0.3 is 4.90 Å². The third kappa shape index (κ3) is 4.57. The van der Waals surface area contributed by atoms with Crippen LogP contribution in [0.2, 0.25) is 0 Å². The maximum absolute atomic E-state index is 12.3. The third-order valence-corrected chi connectivity index (χ3v) is 5.69. The molecular weight excluding hydrogens is 386 g/mol. The minimum atomic E-state index is 0.200. The van der Waals surface area contributed by atoms with Gasteiger partial charge in [0.15, 0.2) is 0 Å². The van der Waals surface area contributed by atoms with Gasteiger partial charge in [0.05, 0.1) is 11.4 Å². The Morgan fingerprint density at radius 1 is 1.17 bits per heavy atom. The number of carbonyl (C=O) groups excluding carboxylic acids is 1. The number of rotatable bonds is 4. The number of piperidine rings is 1. The molecule has 1 aromatic heterocycles. The van der Waals surface area contributed by atoms with E-state index < -0.39 is 0 Å². The van der Waals surface area contributed by atoms with Crippen LogP contribution in [0.4, 0.5) is 0 Å². The average molecular weight is 406 g/mol. The molecule has 1 aromatic carbocycles. The lowest BCUT2D eigenvalue weighted by atomic mass is 9.99. The van der Waals surface area contributed by atoms with Crippen molar-refractivity contribution in [1.29, 1.82) is 0 Å². The molecule has 2 heterocycles. The quantitative estimate of drug-likeness (QED) is 0.712. The molecule has 0 N–H and O–H groups in total. The molecule has 1 saturated heterocycles. The summed E-state index contributed by atoms with van der Waals surface area (Å²) >= 11 is 4.88. The first-order valence-corrected chi connectivity index (χ1v) is 9.90. The number of likely N-dealkylation sites (tertiary alicyclic amines) is 1. The second kappa shape index (κ2) is 8.12. The molecule has 2 aromatic rings. The van der Waals surface area contributed by atoms with Crippen LogP contribution in [0.25, 0.3) is 11.3 Å². The van der Waals surface area contributed by atoms with Crippen LogP contribution in [-0.4, -0.2) is 39.8 Å². The summed E-state index contributed by atoms with van der Waals surface area (Å²) in [4.78, 5) is 14.2. The highest BCUT2D eigenvalue weighted by molar-refractivity contribution is 9.10. The topological polar surface area (TPSA) is 46.1 Å². The summed E-state index contributed by atoms with van der Waals surface area (Å²) in [6.07, 6.45) is 2.22. The van der Waals surface area contributed by atoms with Crippen molar-refractivity contribution in [1.82, 2.24) is 15.1 Å². The molecule has 0 aliphatic carbocycles. The standard InChI is InChI=1S/C18H20BrN3OS/c1-13-8-10-22(11-9-13)18(23)12-24-17-7-6-16(20-21-17)14-2-4-15(19)5-3-14/h2-7,13H,8-12H2,1H3. The lowest BCUT2D eigenvalue weighted by molar-refractivity contribution is -0.129. The molecule has 0 unspecified atom stereocenters. The van der Waals surface area contributed by atoms with Crippen LogP contribution in [0.1, 0.15) is 19.8 Å². The summed E-state index contributed by atoms with van der Waals surface area (Å²) in [6, 6.07) is 11.9. The molecule has 126 valence electrons. The first kappa shape index (κ1) is 17.4. The monoisotopic (exact) mass is 405 g/mol. The second-order valence-electron chi connectivity index (χ2n) is 6.12. The molecule has 1 fully saturated rings. The predicted molar refractivity (Wildman–Crippen MR) is 101 cm³/mol. The summed E-state index contributed by atoms with van der Waals surface area (Å²) < 4.78 is 1.04. The Balaban J connectivity index is 1.54. The molecule has 0 saturated carbocycles. The number of nitrogens with zero attached hydrogens (tertiary/aromatic N) is 3. The smallest absolute Gasteiger partial charge is 0.232 e. The molecule has 1 aliphatic heterocycles. The van der Waals surface area contributed by atoms with E-state index in [-0.39, 0.29) is 5.91 Å². The summed E-state index contributed by atoms with van der Waals surface area (Å²) in [5.41, 5.74) is 1.86. The zero-order chi connectivity index (χ0) is 16.9. The van der Waals surface area contributed by atoms with E-state index in [1.165, 1.54) is 11.8 Å². The van der Waals surface area contributed by atoms with E-state index in [9.17, 15) is 4.79 Å². The van der Waals surface area contributed by atoms with Gasteiger partial charge in [-0.2, -0.15) is 0 Å². The molecular formula is C18H20BrN3OS. The van der Waals surface area contributed by atoms with Gasteiger partial charge >= 0.3 is 0 Å². The SMILES string of the molecule is CC1CCN(C(=O)CSc2ccc(-c3ccc(Br)cc3)nn2)CC1. The van der Waals surface area contributed by atoms with Gasteiger partial charge in [0.25, 0.3) is 0 Å².